The van der Waals surface area contributed by atoms with Gasteiger partial charge in [-0.1, -0.05) is 65.7 Å². The molecular weight excluding hydrogens is 431 g/mol. The van der Waals surface area contributed by atoms with Gasteiger partial charge in [0.1, 0.15) is 0 Å². The van der Waals surface area contributed by atoms with E-state index < -0.39 is 15.9 Å². The fourth-order valence-corrected chi connectivity index (χ4v) is 4.58. The summed E-state index contributed by atoms with van der Waals surface area (Å²) in [6.07, 6.45) is 0. The first kappa shape index (κ1) is 21.3. The lowest BCUT2D eigenvalue weighted by Crippen LogP contribution is -2.30. The lowest BCUT2D eigenvalue weighted by molar-refractivity contribution is 0.1000. The summed E-state index contributed by atoms with van der Waals surface area (Å²) in [6, 6.07) is 20.0. The van der Waals surface area contributed by atoms with Crippen LogP contribution in [0.2, 0.25) is 10.0 Å². The topological polar surface area (TPSA) is 80.5 Å². The minimum Gasteiger partial charge on any atom is -0.366 e. The fraction of sp³-hybridized carbons (Fsp3) is 0.0952. The molecule has 150 valence electrons. The van der Waals surface area contributed by atoms with Gasteiger partial charge in [0.15, 0.2) is 0 Å². The van der Waals surface area contributed by atoms with Gasteiger partial charge in [0.25, 0.3) is 0 Å². The zero-order valence-electron chi connectivity index (χ0n) is 15.3. The Morgan fingerprint density at radius 2 is 1.41 bits per heavy atom. The van der Waals surface area contributed by atoms with Crippen LogP contribution in [0.25, 0.3) is 0 Å². The summed E-state index contributed by atoms with van der Waals surface area (Å²) < 4.78 is 28.0. The highest BCUT2D eigenvalue weighted by Crippen LogP contribution is 2.28. The SMILES string of the molecule is NC(=O)c1ccc(CN(Cc2ccccc2)S(=O)(=O)c2ccc(Cl)c(Cl)c2)cc1. The summed E-state index contributed by atoms with van der Waals surface area (Å²) in [4.78, 5) is 11.3. The van der Waals surface area contributed by atoms with Crippen molar-refractivity contribution in [3.63, 3.8) is 0 Å². The maximum absolute atomic E-state index is 13.3. The zero-order valence-corrected chi connectivity index (χ0v) is 17.6. The molecule has 3 rings (SSSR count). The van der Waals surface area contributed by atoms with E-state index in [1.807, 2.05) is 30.3 Å². The van der Waals surface area contributed by atoms with Crippen LogP contribution in [0.1, 0.15) is 21.5 Å². The molecule has 0 saturated carbocycles. The van der Waals surface area contributed by atoms with Gasteiger partial charge in [-0.05, 0) is 41.5 Å². The van der Waals surface area contributed by atoms with Crippen molar-refractivity contribution >= 4 is 39.1 Å². The molecule has 0 aliphatic heterocycles. The second-order valence-electron chi connectivity index (χ2n) is 6.40. The number of hydrogen-bond acceptors (Lipinski definition) is 3. The van der Waals surface area contributed by atoms with Crippen molar-refractivity contribution in [3.05, 3.63) is 99.5 Å². The van der Waals surface area contributed by atoms with Gasteiger partial charge in [0, 0.05) is 18.7 Å². The van der Waals surface area contributed by atoms with E-state index in [0.29, 0.717) is 5.56 Å². The molecular formula is C21H18Cl2N2O3S. The molecule has 2 N–H and O–H groups in total. The molecule has 0 atom stereocenters. The third-order valence-corrected chi connectivity index (χ3v) is 6.85. The third kappa shape index (κ3) is 5.16. The van der Waals surface area contributed by atoms with E-state index in [1.165, 1.54) is 22.5 Å². The van der Waals surface area contributed by atoms with E-state index in [2.05, 4.69) is 0 Å². The average molecular weight is 449 g/mol. The fourth-order valence-electron chi connectivity index (χ4n) is 2.78. The lowest BCUT2D eigenvalue weighted by Gasteiger charge is -2.23. The van der Waals surface area contributed by atoms with Crippen molar-refractivity contribution in [2.45, 2.75) is 18.0 Å². The summed E-state index contributed by atoms with van der Waals surface area (Å²) in [5.41, 5.74) is 7.18. The first-order chi connectivity index (χ1) is 13.8. The van der Waals surface area contributed by atoms with E-state index >= 15 is 0 Å². The average Bonchev–Trinajstić information content (AvgIpc) is 2.70. The van der Waals surface area contributed by atoms with Gasteiger partial charge in [-0.2, -0.15) is 4.31 Å². The number of nitrogens with two attached hydrogens (primary N) is 1. The number of rotatable bonds is 7. The van der Waals surface area contributed by atoms with Gasteiger partial charge in [-0.25, -0.2) is 8.42 Å². The van der Waals surface area contributed by atoms with Gasteiger partial charge in [0.2, 0.25) is 15.9 Å². The first-order valence-electron chi connectivity index (χ1n) is 8.65. The number of carbonyl (C=O) groups is 1. The summed E-state index contributed by atoms with van der Waals surface area (Å²) in [6.45, 7) is 0.275. The molecule has 0 saturated heterocycles. The minimum absolute atomic E-state index is 0.0524. The molecule has 0 spiro atoms. The largest absolute Gasteiger partial charge is 0.366 e. The maximum Gasteiger partial charge on any atom is 0.248 e. The first-order valence-corrected chi connectivity index (χ1v) is 10.8. The summed E-state index contributed by atoms with van der Waals surface area (Å²) in [5, 5.41) is 0.445. The van der Waals surface area contributed by atoms with Gasteiger partial charge in [-0.3, -0.25) is 4.79 Å². The van der Waals surface area contributed by atoms with Crippen LogP contribution in [0.5, 0.6) is 0 Å². The van der Waals surface area contributed by atoms with E-state index in [0.717, 1.165) is 11.1 Å². The Morgan fingerprint density at radius 1 is 0.828 bits per heavy atom. The summed E-state index contributed by atoms with van der Waals surface area (Å²) in [7, 11) is -3.86. The Kier molecular flexibility index (Phi) is 6.59. The highest BCUT2D eigenvalue weighted by atomic mass is 35.5. The van der Waals surface area contributed by atoms with Crippen molar-refractivity contribution < 1.29 is 13.2 Å². The zero-order chi connectivity index (χ0) is 21.0. The van der Waals surface area contributed by atoms with E-state index in [1.54, 1.807) is 24.3 Å². The monoisotopic (exact) mass is 448 g/mol. The molecule has 29 heavy (non-hydrogen) atoms. The van der Waals surface area contributed by atoms with Crippen molar-refractivity contribution in [2.24, 2.45) is 5.73 Å². The number of benzene rings is 3. The molecule has 0 unspecified atom stereocenters. The lowest BCUT2D eigenvalue weighted by atomic mass is 10.1. The highest BCUT2D eigenvalue weighted by molar-refractivity contribution is 7.89. The second-order valence-corrected chi connectivity index (χ2v) is 9.15. The van der Waals surface area contributed by atoms with Gasteiger partial charge < -0.3 is 5.73 Å². The Hall–Kier alpha value is -2.38. The molecule has 8 heteroatoms. The van der Waals surface area contributed by atoms with Crippen LogP contribution in [-0.4, -0.2) is 18.6 Å². The molecule has 5 nitrogen and oxygen atoms in total. The number of amides is 1. The standard InChI is InChI=1S/C21H18Cl2N2O3S/c22-19-11-10-18(12-20(19)23)29(27,28)25(13-15-4-2-1-3-5-15)14-16-6-8-17(9-7-16)21(24)26/h1-12H,13-14H2,(H2,24,26). The molecule has 0 bridgehead atoms. The van der Waals surface area contributed by atoms with E-state index in [-0.39, 0.29) is 28.0 Å². The van der Waals surface area contributed by atoms with Gasteiger partial charge in [0.05, 0.1) is 14.9 Å². The molecule has 0 aliphatic carbocycles. The second kappa shape index (κ2) is 8.97. The molecule has 3 aromatic rings. The van der Waals surface area contributed by atoms with Crippen LogP contribution in [0, 0.1) is 0 Å². The molecule has 0 aliphatic rings. The third-order valence-electron chi connectivity index (χ3n) is 4.33. The van der Waals surface area contributed by atoms with Crippen molar-refractivity contribution in [1.82, 2.24) is 4.31 Å². The number of sulfonamides is 1. The van der Waals surface area contributed by atoms with E-state index in [4.69, 9.17) is 28.9 Å². The predicted molar refractivity (Wildman–Crippen MR) is 114 cm³/mol. The van der Waals surface area contributed by atoms with Crippen LogP contribution >= 0.6 is 23.2 Å². The van der Waals surface area contributed by atoms with E-state index in [9.17, 15) is 13.2 Å². The molecule has 0 radical (unpaired) electrons. The Balaban J connectivity index is 1.97. The number of hydrogen-bond donors (Lipinski definition) is 1. The quantitative estimate of drug-likeness (QED) is 0.578. The Morgan fingerprint density at radius 3 is 1.97 bits per heavy atom. The Labute approximate surface area is 179 Å². The van der Waals surface area contributed by atoms with Crippen LogP contribution in [0.4, 0.5) is 0 Å². The van der Waals surface area contributed by atoms with Crippen LogP contribution in [0.3, 0.4) is 0 Å². The predicted octanol–water partition coefficient (Wildman–Crippen LogP) is 4.48. The number of carbonyl (C=O) groups excluding carboxylic acids is 1. The number of halogens is 2. The summed E-state index contributed by atoms with van der Waals surface area (Å²) >= 11 is 12.0. The van der Waals surface area contributed by atoms with Crippen LogP contribution in [0.15, 0.2) is 77.7 Å². The number of primary amides is 1. The van der Waals surface area contributed by atoms with Crippen molar-refractivity contribution in [1.29, 1.82) is 0 Å². The molecule has 0 aromatic heterocycles. The Bertz CT molecular complexity index is 1120. The maximum atomic E-state index is 13.3. The van der Waals surface area contributed by atoms with Crippen molar-refractivity contribution in [3.8, 4) is 0 Å². The van der Waals surface area contributed by atoms with Gasteiger partial charge in [-0.15, -0.1) is 0 Å². The minimum atomic E-state index is -3.86. The van der Waals surface area contributed by atoms with Crippen LogP contribution in [-0.2, 0) is 23.1 Å². The van der Waals surface area contributed by atoms with Crippen LogP contribution < -0.4 is 5.73 Å². The molecule has 1 amide bonds. The molecule has 0 fully saturated rings. The smallest absolute Gasteiger partial charge is 0.248 e. The molecule has 3 aromatic carbocycles. The summed E-state index contributed by atoms with van der Waals surface area (Å²) in [5.74, 6) is -0.541. The number of nitrogens with zero attached hydrogens (tertiary/aromatic N) is 1. The van der Waals surface area contributed by atoms with Gasteiger partial charge >= 0.3 is 0 Å². The normalized spacial score (nSPS) is 11.6. The molecule has 0 heterocycles. The highest BCUT2D eigenvalue weighted by Gasteiger charge is 2.25. The van der Waals surface area contributed by atoms with Crippen molar-refractivity contribution in [2.75, 3.05) is 0 Å².